The topological polar surface area (TPSA) is 75.7 Å². The number of thioether (sulfide) groups is 1. The first kappa shape index (κ1) is 28.5. The molecule has 0 aliphatic carbocycles. The number of aryl methyl sites for hydroxylation is 1. The second-order valence-corrected chi connectivity index (χ2v) is 12.0. The van der Waals surface area contributed by atoms with Gasteiger partial charge in [0.1, 0.15) is 12.3 Å². The number of nitrogens with zero attached hydrogens (tertiary/aromatic N) is 1. The number of halogens is 3. The largest absolute Gasteiger partial charge is 0.495 e. The van der Waals surface area contributed by atoms with Gasteiger partial charge in [0, 0.05) is 28.1 Å². The van der Waals surface area contributed by atoms with Crippen molar-refractivity contribution >= 4 is 68.2 Å². The van der Waals surface area contributed by atoms with E-state index in [1.54, 1.807) is 48.2 Å². The molecule has 0 atom stereocenters. The average Bonchev–Trinajstić information content (AvgIpc) is 2.83. The highest BCUT2D eigenvalue weighted by Crippen LogP contribution is 2.32. The van der Waals surface area contributed by atoms with Crippen LogP contribution in [-0.2, 0) is 20.6 Å². The molecule has 36 heavy (non-hydrogen) atoms. The molecule has 11 heteroatoms. The van der Waals surface area contributed by atoms with Gasteiger partial charge in [-0.3, -0.25) is 9.10 Å². The third-order valence-electron chi connectivity index (χ3n) is 5.16. The molecule has 0 fully saturated rings. The molecule has 0 heterocycles. The highest BCUT2D eigenvalue weighted by atomic mass is 35.5. The summed E-state index contributed by atoms with van der Waals surface area (Å²) in [6.07, 6.45) is 0. The van der Waals surface area contributed by atoms with E-state index in [0.29, 0.717) is 33.8 Å². The number of amides is 1. The number of methoxy groups -OCH3 is 1. The number of ether oxygens (including phenoxy) is 1. The molecular weight excluding hydrogens is 563 g/mol. The van der Waals surface area contributed by atoms with E-state index >= 15 is 0 Å². The minimum atomic E-state index is -4.04. The second kappa shape index (κ2) is 12.9. The number of nitrogens with one attached hydrogen (secondary N) is 1. The Labute approximate surface area is 230 Å². The van der Waals surface area contributed by atoms with Crippen molar-refractivity contribution in [2.45, 2.75) is 17.6 Å². The van der Waals surface area contributed by atoms with Crippen molar-refractivity contribution in [2.75, 3.05) is 30.3 Å². The monoisotopic (exact) mass is 586 g/mol. The number of carbonyl (C=O) groups is 1. The fraction of sp³-hybridized carbons (Fsp3) is 0.240. The molecule has 192 valence electrons. The Kier molecular flexibility index (Phi) is 10.2. The summed E-state index contributed by atoms with van der Waals surface area (Å²) in [5.41, 5.74) is 2.12. The molecule has 3 rings (SSSR count). The van der Waals surface area contributed by atoms with Crippen LogP contribution < -0.4 is 14.4 Å². The van der Waals surface area contributed by atoms with Crippen molar-refractivity contribution in [3.05, 3.63) is 86.9 Å². The molecule has 3 aromatic rings. The van der Waals surface area contributed by atoms with Crippen molar-refractivity contribution in [1.82, 2.24) is 5.32 Å². The third kappa shape index (κ3) is 7.46. The molecule has 0 spiro atoms. The SMILES string of the molecule is COc1ccc(N(CC(=O)NCCSCc2ccc(Cl)cc2Cl)S(=O)(=O)c2ccc(C)cc2)cc1Cl. The minimum Gasteiger partial charge on any atom is -0.495 e. The van der Waals surface area contributed by atoms with Crippen molar-refractivity contribution in [3.8, 4) is 5.75 Å². The summed E-state index contributed by atoms with van der Waals surface area (Å²) >= 11 is 20.0. The summed E-state index contributed by atoms with van der Waals surface area (Å²) in [6, 6.07) is 16.3. The lowest BCUT2D eigenvalue weighted by atomic mass is 10.2. The summed E-state index contributed by atoms with van der Waals surface area (Å²) in [5, 5.41) is 4.18. The molecule has 0 saturated heterocycles. The number of sulfonamides is 1. The molecule has 0 unspecified atom stereocenters. The Morgan fingerprint density at radius 2 is 1.72 bits per heavy atom. The van der Waals surface area contributed by atoms with Crippen molar-refractivity contribution in [3.63, 3.8) is 0 Å². The van der Waals surface area contributed by atoms with E-state index < -0.39 is 22.5 Å². The van der Waals surface area contributed by atoms with Crippen LogP contribution in [-0.4, -0.2) is 40.3 Å². The smallest absolute Gasteiger partial charge is 0.264 e. The minimum absolute atomic E-state index is 0.0724. The molecule has 1 N–H and O–H groups in total. The van der Waals surface area contributed by atoms with Crippen LogP contribution in [0.1, 0.15) is 11.1 Å². The fourth-order valence-corrected chi connectivity index (χ4v) is 6.31. The van der Waals surface area contributed by atoms with Gasteiger partial charge in [0.25, 0.3) is 10.0 Å². The highest BCUT2D eigenvalue weighted by Gasteiger charge is 2.27. The van der Waals surface area contributed by atoms with Gasteiger partial charge in [0.2, 0.25) is 5.91 Å². The number of anilines is 1. The van der Waals surface area contributed by atoms with E-state index in [9.17, 15) is 13.2 Å². The fourth-order valence-electron chi connectivity index (χ4n) is 3.23. The summed E-state index contributed by atoms with van der Waals surface area (Å²) in [6.45, 7) is 1.81. The van der Waals surface area contributed by atoms with Gasteiger partial charge >= 0.3 is 0 Å². The van der Waals surface area contributed by atoms with Crippen LogP contribution >= 0.6 is 46.6 Å². The lowest BCUT2D eigenvalue weighted by Gasteiger charge is -2.24. The zero-order valence-electron chi connectivity index (χ0n) is 19.6. The first-order valence-corrected chi connectivity index (χ1v) is 14.6. The normalized spacial score (nSPS) is 11.2. The zero-order chi connectivity index (χ0) is 26.3. The van der Waals surface area contributed by atoms with Gasteiger partial charge in [0.05, 0.1) is 22.7 Å². The van der Waals surface area contributed by atoms with Crippen LogP contribution in [0.2, 0.25) is 15.1 Å². The number of rotatable bonds is 11. The second-order valence-electron chi connectivity index (χ2n) is 7.78. The van der Waals surface area contributed by atoms with Crippen molar-refractivity contribution in [1.29, 1.82) is 0 Å². The Morgan fingerprint density at radius 1 is 1.00 bits per heavy atom. The Hall–Kier alpha value is -2.10. The molecule has 1 amide bonds. The van der Waals surface area contributed by atoms with E-state index in [0.717, 1.165) is 15.4 Å². The van der Waals surface area contributed by atoms with Gasteiger partial charge in [-0.15, -0.1) is 0 Å². The van der Waals surface area contributed by atoms with Crippen LogP contribution in [0.5, 0.6) is 5.75 Å². The van der Waals surface area contributed by atoms with Gasteiger partial charge < -0.3 is 10.1 Å². The summed E-state index contributed by atoms with van der Waals surface area (Å²) in [5.74, 6) is 1.23. The molecule has 3 aromatic carbocycles. The number of benzene rings is 3. The maximum atomic E-state index is 13.5. The molecule has 6 nitrogen and oxygen atoms in total. The molecule has 0 radical (unpaired) electrons. The van der Waals surface area contributed by atoms with Gasteiger partial charge in [-0.1, -0.05) is 58.6 Å². The van der Waals surface area contributed by atoms with E-state index in [-0.39, 0.29) is 15.6 Å². The zero-order valence-corrected chi connectivity index (χ0v) is 23.5. The van der Waals surface area contributed by atoms with Gasteiger partial charge in [0.15, 0.2) is 0 Å². The molecule has 0 aliphatic heterocycles. The Morgan fingerprint density at radius 3 is 2.36 bits per heavy atom. The summed E-state index contributed by atoms with van der Waals surface area (Å²) < 4.78 is 33.2. The number of hydrogen-bond acceptors (Lipinski definition) is 5. The van der Waals surface area contributed by atoms with E-state index in [1.165, 1.54) is 25.3 Å². The highest BCUT2D eigenvalue weighted by molar-refractivity contribution is 7.98. The molecule has 0 aliphatic rings. The third-order valence-corrected chi connectivity index (χ3v) is 8.84. The predicted octanol–water partition coefficient (Wildman–Crippen LogP) is 6.21. The van der Waals surface area contributed by atoms with Crippen LogP contribution in [0.4, 0.5) is 5.69 Å². The summed E-state index contributed by atoms with van der Waals surface area (Å²) in [4.78, 5) is 12.8. The molecule has 0 aromatic heterocycles. The standard InChI is InChI=1S/C25H25Cl3N2O4S2/c1-17-3-8-21(9-4-17)36(32,33)30(20-7-10-24(34-2)23(28)14-20)15-25(31)29-11-12-35-16-18-5-6-19(26)13-22(18)27/h3-10,13-14H,11-12,15-16H2,1-2H3,(H,29,31). The van der Waals surface area contributed by atoms with Gasteiger partial charge in [-0.25, -0.2) is 8.42 Å². The maximum Gasteiger partial charge on any atom is 0.264 e. The first-order valence-electron chi connectivity index (χ1n) is 10.8. The first-order chi connectivity index (χ1) is 17.1. The molecule has 0 bridgehead atoms. The van der Waals surface area contributed by atoms with Gasteiger partial charge in [-0.05, 0) is 55.0 Å². The van der Waals surface area contributed by atoms with E-state index in [1.807, 2.05) is 13.0 Å². The quantitative estimate of drug-likeness (QED) is 0.270. The molecule has 0 saturated carbocycles. The predicted molar refractivity (Wildman–Crippen MR) is 149 cm³/mol. The van der Waals surface area contributed by atoms with Crippen molar-refractivity contribution < 1.29 is 17.9 Å². The van der Waals surface area contributed by atoms with Crippen molar-refractivity contribution in [2.24, 2.45) is 0 Å². The average molecular weight is 588 g/mol. The number of carbonyl (C=O) groups excluding carboxylic acids is 1. The van der Waals surface area contributed by atoms with Gasteiger partial charge in [-0.2, -0.15) is 11.8 Å². The van der Waals surface area contributed by atoms with E-state index in [2.05, 4.69) is 5.32 Å². The maximum absolute atomic E-state index is 13.5. The Balaban J connectivity index is 1.69. The Bertz CT molecular complexity index is 1320. The van der Waals surface area contributed by atoms with Crippen LogP contribution in [0.15, 0.2) is 65.6 Å². The van der Waals surface area contributed by atoms with Crippen LogP contribution in [0.3, 0.4) is 0 Å². The van der Waals surface area contributed by atoms with Crippen LogP contribution in [0, 0.1) is 6.92 Å². The summed E-state index contributed by atoms with van der Waals surface area (Å²) in [7, 11) is -2.57. The molecular formula is C25H25Cl3N2O4S2. The lowest BCUT2D eigenvalue weighted by Crippen LogP contribution is -2.41. The lowest BCUT2D eigenvalue weighted by molar-refractivity contribution is -0.119. The van der Waals surface area contributed by atoms with Crippen LogP contribution in [0.25, 0.3) is 0 Å². The van der Waals surface area contributed by atoms with E-state index in [4.69, 9.17) is 39.5 Å². The number of hydrogen-bond donors (Lipinski definition) is 1.